The first-order chi connectivity index (χ1) is 12.6. The van der Waals surface area contributed by atoms with Crippen molar-refractivity contribution in [2.24, 2.45) is 11.3 Å². The summed E-state index contributed by atoms with van der Waals surface area (Å²) in [5.74, 6) is 1.42. The molecule has 0 spiro atoms. The van der Waals surface area contributed by atoms with E-state index in [1.807, 2.05) is 0 Å². The predicted octanol–water partition coefficient (Wildman–Crippen LogP) is 2.09. The molecular formula is C20H29N3O3. The molecule has 2 amide bonds. The summed E-state index contributed by atoms with van der Waals surface area (Å²) in [4.78, 5) is 27.7. The quantitative estimate of drug-likeness (QED) is 0.867. The van der Waals surface area contributed by atoms with Crippen LogP contribution in [0, 0.1) is 18.3 Å². The maximum absolute atomic E-state index is 13.3. The number of furan rings is 1. The van der Waals surface area contributed by atoms with E-state index >= 15 is 0 Å². The van der Waals surface area contributed by atoms with Crippen molar-refractivity contribution >= 4 is 11.8 Å². The normalized spacial score (nSPS) is 29.4. The zero-order valence-electron chi connectivity index (χ0n) is 15.6. The first kappa shape index (κ1) is 17.6. The van der Waals surface area contributed by atoms with Gasteiger partial charge in [-0.15, -0.1) is 0 Å². The van der Waals surface area contributed by atoms with Gasteiger partial charge in [-0.25, -0.2) is 0 Å². The van der Waals surface area contributed by atoms with Gasteiger partial charge in [0.05, 0.1) is 17.2 Å². The van der Waals surface area contributed by atoms with E-state index in [0.29, 0.717) is 23.1 Å². The first-order valence-corrected chi connectivity index (χ1v) is 9.95. The number of nitrogens with one attached hydrogen (secondary N) is 2. The first-order valence-electron chi connectivity index (χ1n) is 9.95. The average molecular weight is 359 g/mol. The molecule has 0 unspecified atom stereocenters. The molecule has 3 heterocycles. The van der Waals surface area contributed by atoms with Crippen molar-refractivity contribution < 1.29 is 14.0 Å². The fraction of sp³-hybridized carbons (Fsp3) is 0.700. The minimum Gasteiger partial charge on any atom is -0.469 e. The molecule has 2 aliphatic heterocycles. The van der Waals surface area contributed by atoms with Crippen LogP contribution in [0.25, 0.3) is 0 Å². The molecule has 1 aromatic heterocycles. The van der Waals surface area contributed by atoms with Crippen LogP contribution in [0.15, 0.2) is 16.7 Å². The molecule has 4 rings (SSSR count). The second-order valence-electron chi connectivity index (χ2n) is 8.16. The van der Waals surface area contributed by atoms with Crippen molar-refractivity contribution in [2.75, 3.05) is 26.2 Å². The smallest absolute Gasteiger partial charge is 0.255 e. The molecule has 0 aromatic carbocycles. The standard InChI is InChI=1S/C20H29N3O3/c1-14-17(7-11-26-14)18(24)22-16-5-9-23(10-6-16)19(25)20-8-3-2-4-15(20)12-21-13-20/h7,11,15-16,21H,2-6,8-10,12-13H2,1H3,(H,22,24)/t15-,20+/m0/s1. The molecular weight excluding hydrogens is 330 g/mol. The number of amides is 2. The lowest BCUT2D eigenvalue weighted by Crippen LogP contribution is -2.54. The van der Waals surface area contributed by atoms with Gasteiger partial charge in [0.2, 0.25) is 5.91 Å². The SMILES string of the molecule is Cc1occc1C(=O)NC1CCN(C(=O)[C@@]23CCCC[C@H]2CNC3)CC1. The summed E-state index contributed by atoms with van der Waals surface area (Å²) in [5.41, 5.74) is 0.437. The van der Waals surface area contributed by atoms with Crippen LogP contribution in [0.5, 0.6) is 0 Å². The molecule has 26 heavy (non-hydrogen) atoms. The van der Waals surface area contributed by atoms with Gasteiger partial charge in [-0.1, -0.05) is 12.8 Å². The van der Waals surface area contributed by atoms with Crippen LogP contribution in [0.4, 0.5) is 0 Å². The highest BCUT2D eigenvalue weighted by atomic mass is 16.3. The van der Waals surface area contributed by atoms with Crippen molar-refractivity contribution in [1.82, 2.24) is 15.5 Å². The van der Waals surface area contributed by atoms with Crippen LogP contribution in [-0.2, 0) is 4.79 Å². The number of nitrogens with zero attached hydrogens (tertiary/aromatic N) is 1. The Bertz CT molecular complexity index is 678. The third-order valence-corrected chi connectivity index (χ3v) is 6.68. The van der Waals surface area contributed by atoms with Crippen molar-refractivity contribution in [3.05, 3.63) is 23.7 Å². The third-order valence-electron chi connectivity index (χ3n) is 6.68. The highest BCUT2D eigenvalue weighted by Crippen LogP contribution is 2.45. The van der Waals surface area contributed by atoms with Gasteiger partial charge in [-0.3, -0.25) is 9.59 Å². The van der Waals surface area contributed by atoms with Gasteiger partial charge >= 0.3 is 0 Å². The maximum Gasteiger partial charge on any atom is 0.255 e. The molecule has 1 saturated carbocycles. The minimum atomic E-state index is -0.164. The Hall–Kier alpha value is -1.82. The Balaban J connectivity index is 1.34. The summed E-state index contributed by atoms with van der Waals surface area (Å²) in [6.45, 7) is 5.10. The Morgan fingerprint density at radius 3 is 2.81 bits per heavy atom. The summed E-state index contributed by atoms with van der Waals surface area (Å²) < 4.78 is 5.21. The van der Waals surface area contributed by atoms with Crippen LogP contribution in [0.1, 0.15) is 54.6 Å². The second kappa shape index (κ2) is 7.06. The van der Waals surface area contributed by atoms with E-state index in [-0.39, 0.29) is 17.4 Å². The lowest BCUT2D eigenvalue weighted by atomic mass is 9.67. The molecule has 3 fully saturated rings. The van der Waals surface area contributed by atoms with Crippen LogP contribution in [-0.4, -0.2) is 48.9 Å². The summed E-state index contributed by atoms with van der Waals surface area (Å²) in [6, 6.07) is 1.83. The zero-order chi connectivity index (χ0) is 18.1. The Morgan fingerprint density at radius 1 is 1.27 bits per heavy atom. The Labute approximate surface area is 154 Å². The van der Waals surface area contributed by atoms with Gasteiger partial charge in [0, 0.05) is 25.7 Å². The molecule has 142 valence electrons. The van der Waals surface area contributed by atoms with E-state index in [1.54, 1.807) is 19.3 Å². The molecule has 3 aliphatic rings. The summed E-state index contributed by atoms with van der Waals surface area (Å²) >= 11 is 0. The second-order valence-corrected chi connectivity index (χ2v) is 8.16. The predicted molar refractivity (Wildman–Crippen MR) is 97.8 cm³/mol. The molecule has 6 nitrogen and oxygen atoms in total. The van der Waals surface area contributed by atoms with E-state index in [0.717, 1.165) is 45.4 Å². The molecule has 2 saturated heterocycles. The fourth-order valence-corrected chi connectivity index (χ4v) is 5.09. The minimum absolute atomic E-state index is 0.0769. The number of rotatable bonds is 3. The van der Waals surface area contributed by atoms with Gasteiger partial charge in [0.1, 0.15) is 5.76 Å². The maximum atomic E-state index is 13.3. The lowest BCUT2D eigenvalue weighted by molar-refractivity contribution is -0.146. The van der Waals surface area contributed by atoms with Crippen LogP contribution >= 0.6 is 0 Å². The molecule has 0 radical (unpaired) electrons. The van der Waals surface area contributed by atoms with Gasteiger partial charge in [0.25, 0.3) is 5.91 Å². The number of carbonyl (C=O) groups excluding carboxylic acids is 2. The number of hydrogen-bond acceptors (Lipinski definition) is 4. The topological polar surface area (TPSA) is 74.6 Å². The Kier molecular flexibility index (Phi) is 4.78. The van der Waals surface area contributed by atoms with Crippen molar-refractivity contribution in [3.8, 4) is 0 Å². The number of carbonyl (C=O) groups is 2. The molecule has 2 N–H and O–H groups in total. The molecule has 1 aliphatic carbocycles. The number of hydrogen-bond donors (Lipinski definition) is 2. The van der Waals surface area contributed by atoms with Crippen molar-refractivity contribution in [2.45, 2.75) is 51.5 Å². The number of aryl methyl sites for hydroxylation is 1. The lowest BCUT2D eigenvalue weighted by Gasteiger charge is -2.43. The van der Waals surface area contributed by atoms with Gasteiger partial charge in [-0.2, -0.15) is 0 Å². The highest BCUT2D eigenvalue weighted by Gasteiger charge is 2.51. The highest BCUT2D eigenvalue weighted by molar-refractivity contribution is 5.95. The third kappa shape index (κ3) is 3.04. The largest absolute Gasteiger partial charge is 0.469 e. The number of piperidine rings is 1. The number of fused-ring (bicyclic) bond motifs is 1. The van der Waals surface area contributed by atoms with Gasteiger partial charge in [0.15, 0.2) is 0 Å². The molecule has 6 heteroatoms. The van der Waals surface area contributed by atoms with Crippen molar-refractivity contribution in [3.63, 3.8) is 0 Å². The van der Waals surface area contributed by atoms with E-state index < -0.39 is 0 Å². The molecule has 1 aromatic rings. The fourth-order valence-electron chi connectivity index (χ4n) is 5.09. The zero-order valence-corrected chi connectivity index (χ0v) is 15.6. The van der Waals surface area contributed by atoms with Crippen LogP contribution < -0.4 is 10.6 Å². The van der Waals surface area contributed by atoms with E-state index in [4.69, 9.17) is 4.42 Å². The summed E-state index contributed by atoms with van der Waals surface area (Å²) in [6.07, 6.45) is 7.81. The van der Waals surface area contributed by atoms with Crippen LogP contribution in [0.3, 0.4) is 0 Å². The number of likely N-dealkylation sites (tertiary alicyclic amines) is 1. The summed E-state index contributed by atoms with van der Waals surface area (Å²) in [7, 11) is 0. The van der Waals surface area contributed by atoms with E-state index in [2.05, 4.69) is 15.5 Å². The summed E-state index contributed by atoms with van der Waals surface area (Å²) in [5, 5.41) is 6.56. The van der Waals surface area contributed by atoms with E-state index in [1.165, 1.54) is 19.3 Å². The van der Waals surface area contributed by atoms with Gasteiger partial charge in [-0.05, 0) is 51.1 Å². The molecule has 0 bridgehead atoms. The van der Waals surface area contributed by atoms with Gasteiger partial charge < -0.3 is 20.0 Å². The molecule has 2 atom stereocenters. The monoisotopic (exact) mass is 359 g/mol. The van der Waals surface area contributed by atoms with E-state index in [9.17, 15) is 9.59 Å². The van der Waals surface area contributed by atoms with Crippen molar-refractivity contribution in [1.29, 1.82) is 0 Å². The van der Waals surface area contributed by atoms with Crippen LogP contribution in [0.2, 0.25) is 0 Å². The average Bonchev–Trinajstić information content (AvgIpc) is 3.28. The Morgan fingerprint density at radius 2 is 2.08 bits per heavy atom.